The fourth-order valence-electron chi connectivity index (χ4n) is 4.29. The van der Waals surface area contributed by atoms with Crippen LogP contribution in [0, 0.1) is 5.41 Å². The second-order valence-electron chi connectivity index (χ2n) is 7.83. The van der Waals surface area contributed by atoms with E-state index in [1.165, 1.54) is 49.8 Å². The second kappa shape index (κ2) is 7.56. The molecule has 2 aliphatic rings. The molecule has 1 N–H and O–H groups in total. The molecule has 2 fully saturated rings. The van der Waals surface area contributed by atoms with E-state index in [-0.39, 0.29) is 0 Å². The van der Waals surface area contributed by atoms with Gasteiger partial charge in [0.05, 0.1) is 0 Å². The van der Waals surface area contributed by atoms with E-state index in [4.69, 9.17) is 0 Å². The number of aliphatic imine (C=N–C) groups is 1. The first-order valence-corrected chi connectivity index (χ1v) is 9.28. The predicted molar refractivity (Wildman–Crippen MR) is 101 cm³/mol. The molecule has 1 aromatic rings. The van der Waals surface area contributed by atoms with Crippen molar-refractivity contribution in [3.63, 3.8) is 0 Å². The maximum atomic E-state index is 4.52. The van der Waals surface area contributed by atoms with E-state index in [9.17, 15) is 0 Å². The molecule has 1 spiro atoms. The molecule has 0 bridgehead atoms. The first kappa shape index (κ1) is 17.3. The van der Waals surface area contributed by atoms with Gasteiger partial charge in [-0.1, -0.05) is 37.1 Å². The minimum atomic E-state index is 0.589. The van der Waals surface area contributed by atoms with E-state index in [1.807, 2.05) is 7.05 Å². The van der Waals surface area contributed by atoms with Crippen molar-refractivity contribution in [1.82, 2.24) is 15.1 Å². The molecule has 1 aromatic carbocycles. The molecule has 0 atom stereocenters. The lowest BCUT2D eigenvalue weighted by Gasteiger charge is -2.26. The Hall–Kier alpha value is -1.55. The Bertz CT molecular complexity index is 556. The molecule has 0 unspecified atom stereocenters. The highest BCUT2D eigenvalue weighted by molar-refractivity contribution is 5.80. The highest BCUT2D eigenvalue weighted by Gasteiger charge is 2.40. The fourth-order valence-corrected chi connectivity index (χ4v) is 4.29. The Morgan fingerprint density at radius 2 is 1.79 bits per heavy atom. The third kappa shape index (κ3) is 4.10. The van der Waals surface area contributed by atoms with Gasteiger partial charge in [-0.2, -0.15) is 0 Å². The maximum absolute atomic E-state index is 4.52. The number of rotatable bonds is 4. The van der Waals surface area contributed by atoms with Crippen molar-refractivity contribution < 1.29 is 0 Å². The number of benzene rings is 1. The molecule has 3 rings (SSSR count). The molecule has 1 heterocycles. The summed E-state index contributed by atoms with van der Waals surface area (Å²) in [6, 6.07) is 8.90. The van der Waals surface area contributed by atoms with Gasteiger partial charge < -0.3 is 15.1 Å². The standard InChI is InChI=1S/C20H32N4/c1-21-19(24-13-12-20(16-24)10-4-5-11-20)22-14-17-6-8-18(9-7-17)15-23(2)3/h6-9H,4-5,10-16H2,1-3H3,(H,21,22). The molecule has 4 nitrogen and oxygen atoms in total. The smallest absolute Gasteiger partial charge is 0.193 e. The summed E-state index contributed by atoms with van der Waals surface area (Å²) in [6.07, 6.45) is 6.99. The van der Waals surface area contributed by atoms with Crippen molar-refractivity contribution in [2.24, 2.45) is 10.4 Å². The number of guanidine groups is 1. The monoisotopic (exact) mass is 328 g/mol. The van der Waals surface area contributed by atoms with Gasteiger partial charge in [-0.25, -0.2) is 0 Å². The number of hydrogen-bond donors (Lipinski definition) is 1. The highest BCUT2D eigenvalue weighted by Crippen LogP contribution is 2.45. The van der Waals surface area contributed by atoms with E-state index < -0.39 is 0 Å². The van der Waals surface area contributed by atoms with E-state index in [2.05, 4.69) is 58.5 Å². The van der Waals surface area contributed by atoms with Gasteiger partial charge in [0.25, 0.3) is 0 Å². The summed E-state index contributed by atoms with van der Waals surface area (Å²) < 4.78 is 0. The van der Waals surface area contributed by atoms with Gasteiger partial charge in [-0.05, 0) is 49.9 Å². The van der Waals surface area contributed by atoms with E-state index in [0.717, 1.165) is 25.6 Å². The summed E-state index contributed by atoms with van der Waals surface area (Å²) in [5, 5.41) is 3.56. The first-order valence-electron chi connectivity index (χ1n) is 9.28. The Balaban J connectivity index is 1.53. The molecule has 1 aliphatic carbocycles. The fraction of sp³-hybridized carbons (Fsp3) is 0.650. The first-order chi connectivity index (χ1) is 11.6. The highest BCUT2D eigenvalue weighted by atomic mass is 15.3. The third-order valence-corrected chi connectivity index (χ3v) is 5.59. The number of nitrogens with one attached hydrogen (secondary N) is 1. The normalized spacial score (nSPS) is 20.3. The van der Waals surface area contributed by atoms with Crippen molar-refractivity contribution in [3.8, 4) is 0 Å². The van der Waals surface area contributed by atoms with Crippen LogP contribution in [-0.4, -0.2) is 50.0 Å². The average Bonchev–Trinajstić information content (AvgIpc) is 3.20. The van der Waals surface area contributed by atoms with Gasteiger partial charge in [-0.15, -0.1) is 0 Å². The molecule has 132 valence electrons. The summed E-state index contributed by atoms with van der Waals surface area (Å²) in [5.74, 6) is 1.07. The van der Waals surface area contributed by atoms with Crippen molar-refractivity contribution in [3.05, 3.63) is 35.4 Å². The zero-order chi connectivity index (χ0) is 17.0. The minimum absolute atomic E-state index is 0.589. The van der Waals surface area contributed by atoms with Gasteiger partial charge in [0.2, 0.25) is 0 Å². The zero-order valence-corrected chi connectivity index (χ0v) is 15.5. The summed E-state index contributed by atoms with van der Waals surface area (Å²) in [7, 11) is 6.11. The Labute approximate surface area is 146 Å². The van der Waals surface area contributed by atoms with E-state index in [1.54, 1.807) is 0 Å². The third-order valence-electron chi connectivity index (χ3n) is 5.59. The molecule has 0 amide bonds. The Kier molecular flexibility index (Phi) is 5.44. The lowest BCUT2D eigenvalue weighted by Crippen LogP contribution is -2.40. The van der Waals surface area contributed by atoms with E-state index in [0.29, 0.717) is 5.41 Å². The van der Waals surface area contributed by atoms with E-state index >= 15 is 0 Å². The van der Waals surface area contributed by atoms with Crippen LogP contribution in [0.4, 0.5) is 0 Å². The van der Waals surface area contributed by atoms with Crippen molar-refractivity contribution >= 4 is 5.96 Å². The van der Waals surface area contributed by atoms with Crippen LogP contribution in [0.2, 0.25) is 0 Å². The van der Waals surface area contributed by atoms with Crippen molar-refractivity contribution in [2.75, 3.05) is 34.2 Å². The number of nitrogens with zero attached hydrogens (tertiary/aromatic N) is 3. The van der Waals surface area contributed by atoms with Gasteiger partial charge in [0, 0.05) is 33.2 Å². The average molecular weight is 329 g/mol. The topological polar surface area (TPSA) is 30.9 Å². The van der Waals surface area contributed by atoms with Crippen molar-refractivity contribution in [2.45, 2.75) is 45.2 Å². The second-order valence-corrected chi connectivity index (χ2v) is 7.83. The molecular weight excluding hydrogens is 296 g/mol. The zero-order valence-electron chi connectivity index (χ0n) is 15.5. The lowest BCUT2D eigenvalue weighted by atomic mass is 9.86. The Morgan fingerprint density at radius 3 is 2.42 bits per heavy atom. The largest absolute Gasteiger partial charge is 0.352 e. The van der Waals surface area contributed by atoms with Crippen LogP contribution in [0.15, 0.2) is 29.3 Å². The summed E-state index contributed by atoms with van der Waals surface area (Å²) in [5.41, 5.74) is 3.26. The van der Waals surface area contributed by atoms with Gasteiger partial charge in [0.1, 0.15) is 0 Å². The van der Waals surface area contributed by atoms with Crippen LogP contribution in [-0.2, 0) is 13.1 Å². The quantitative estimate of drug-likeness (QED) is 0.681. The van der Waals surface area contributed by atoms with Crippen molar-refractivity contribution in [1.29, 1.82) is 0 Å². The molecule has 0 radical (unpaired) electrons. The summed E-state index contributed by atoms with van der Waals surface area (Å²) in [4.78, 5) is 9.18. The van der Waals surface area contributed by atoms with Crippen LogP contribution in [0.3, 0.4) is 0 Å². The van der Waals surface area contributed by atoms with Crippen LogP contribution < -0.4 is 5.32 Å². The van der Waals surface area contributed by atoms with Crippen LogP contribution in [0.25, 0.3) is 0 Å². The summed E-state index contributed by atoms with van der Waals surface area (Å²) in [6.45, 7) is 4.18. The molecule has 24 heavy (non-hydrogen) atoms. The maximum Gasteiger partial charge on any atom is 0.193 e. The molecule has 1 saturated heterocycles. The van der Waals surface area contributed by atoms with Gasteiger partial charge in [0.15, 0.2) is 5.96 Å². The molecular formula is C20H32N4. The minimum Gasteiger partial charge on any atom is -0.352 e. The number of likely N-dealkylation sites (tertiary alicyclic amines) is 1. The lowest BCUT2D eigenvalue weighted by molar-refractivity contribution is 0.309. The molecule has 0 aromatic heterocycles. The molecule has 1 saturated carbocycles. The van der Waals surface area contributed by atoms with Crippen LogP contribution in [0.5, 0.6) is 0 Å². The van der Waals surface area contributed by atoms with Crippen LogP contribution in [0.1, 0.15) is 43.2 Å². The predicted octanol–water partition coefficient (Wildman–Crippen LogP) is 3.09. The van der Waals surface area contributed by atoms with Crippen LogP contribution >= 0.6 is 0 Å². The SMILES string of the molecule is CN=C(NCc1ccc(CN(C)C)cc1)N1CCC2(CCCC2)C1. The Morgan fingerprint density at radius 1 is 1.12 bits per heavy atom. The molecule has 4 heteroatoms. The summed E-state index contributed by atoms with van der Waals surface area (Å²) >= 11 is 0. The van der Waals surface area contributed by atoms with Gasteiger partial charge in [-0.3, -0.25) is 4.99 Å². The molecule has 1 aliphatic heterocycles. The van der Waals surface area contributed by atoms with Gasteiger partial charge >= 0.3 is 0 Å². The number of hydrogen-bond acceptors (Lipinski definition) is 2.